The summed E-state index contributed by atoms with van der Waals surface area (Å²) in [6, 6.07) is 3.72. The molecule has 20 heavy (non-hydrogen) atoms. The van der Waals surface area contributed by atoms with Crippen molar-refractivity contribution in [2.24, 2.45) is 0 Å². The zero-order valence-electron chi connectivity index (χ0n) is 11.5. The highest BCUT2D eigenvalue weighted by molar-refractivity contribution is 5.21. The minimum absolute atomic E-state index is 0.238. The molecule has 1 N–H and O–H groups in total. The number of rotatable bonds is 6. The zero-order chi connectivity index (χ0) is 14.5. The van der Waals surface area contributed by atoms with E-state index in [0.717, 1.165) is 12.5 Å². The molecule has 1 aromatic heterocycles. The van der Waals surface area contributed by atoms with E-state index in [-0.39, 0.29) is 6.42 Å². The summed E-state index contributed by atoms with van der Waals surface area (Å²) < 4.78 is 31.2. The number of benzene rings is 1. The molecule has 0 spiro atoms. The summed E-state index contributed by atoms with van der Waals surface area (Å²) in [7, 11) is 0. The monoisotopic (exact) mass is 281 g/mol. The van der Waals surface area contributed by atoms with Crippen LogP contribution in [-0.2, 0) is 13.0 Å². The Morgan fingerprint density at radius 1 is 1.25 bits per heavy atom. The van der Waals surface area contributed by atoms with Gasteiger partial charge in [0.2, 0.25) is 5.89 Å². The number of halogens is 2. The molecule has 1 unspecified atom stereocenters. The smallest absolute Gasteiger partial charge is 0.240 e. The quantitative estimate of drug-likeness (QED) is 0.884. The topological polar surface area (TPSA) is 51.0 Å². The molecule has 0 saturated carbocycles. The van der Waals surface area contributed by atoms with E-state index in [9.17, 15) is 8.78 Å². The normalized spacial score (nSPS) is 12.6. The van der Waals surface area contributed by atoms with Crippen molar-refractivity contribution in [2.45, 2.75) is 39.3 Å². The molecule has 1 aromatic carbocycles. The van der Waals surface area contributed by atoms with E-state index in [0.29, 0.717) is 29.9 Å². The van der Waals surface area contributed by atoms with Gasteiger partial charge in [-0.25, -0.2) is 8.78 Å². The van der Waals surface area contributed by atoms with Crippen LogP contribution in [0, 0.1) is 11.6 Å². The minimum Gasteiger partial charge on any atom is -0.338 e. The van der Waals surface area contributed by atoms with E-state index >= 15 is 0 Å². The molecule has 4 nitrogen and oxygen atoms in total. The molecule has 1 atom stereocenters. The number of hydrogen-bond donors (Lipinski definition) is 1. The SMILES string of the molecule is CCC(C)NCc1nc(Cc2cc(F)cc(F)c2)no1. The molecule has 1 heterocycles. The molecule has 0 saturated heterocycles. The lowest BCUT2D eigenvalue weighted by Crippen LogP contribution is -2.24. The van der Waals surface area contributed by atoms with Crippen LogP contribution in [0.2, 0.25) is 0 Å². The lowest BCUT2D eigenvalue weighted by atomic mass is 10.1. The summed E-state index contributed by atoms with van der Waals surface area (Å²) in [6.07, 6.45) is 1.24. The second-order valence-electron chi connectivity index (χ2n) is 4.75. The van der Waals surface area contributed by atoms with Crippen LogP contribution in [-0.4, -0.2) is 16.2 Å². The Bertz CT molecular complexity index is 551. The molecular formula is C14H17F2N3O. The largest absolute Gasteiger partial charge is 0.338 e. The Balaban J connectivity index is 1.98. The highest BCUT2D eigenvalue weighted by Crippen LogP contribution is 2.11. The van der Waals surface area contributed by atoms with E-state index in [2.05, 4.69) is 29.3 Å². The van der Waals surface area contributed by atoms with Crippen LogP contribution in [0.1, 0.15) is 37.5 Å². The number of nitrogens with zero attached hydrogens (tertiary/aromatic N) is 2. The first-order valence-electron chi connectivity index (χ1n) is 6.56. The van der Waals surface area contributed by atoms with Gasteiger partial charge in [0.15, 0.2) is 5.82 Å². The maximum Gasteiger partial charge on any atom is 0.240 e. The predicted molar refractivity (Wildman–Crippen MR) is 70.1 cm³/mol. The first-order chi connectivity index (χ1) is 9.56. The molecule has 2 rings (SSSR count). The second kappa shape index (κ2) is 6.56. The number of nitrogens with one attached hydrogen (secondary N) is 1. The molecule has 6 heteroatoms. The van der Waals surface area contributed by atoms with Crippen molar-refractivity contribution in [2.75, 3.05) is 0 Å². The van der Waals surface area contributed by atoms with Crippen LogP contribution in [0.5, 0.6) is 0 Å². The number of aromatic nitrogens is 2. The van der Waals surface area contributed by atoms with Gasteiger partial charge >= 0.3 is 0 Å². The maximum absolute atomic E-state index is 13.1. The Kier molecular flexibility index (Phi) is 4.79. The molecule has 0 aliphatic carbocycles. The van der Waals surface area contributed by atoms with E-state index in [1.54, 1.807) is 0 Å². The fraction of sp³-hybridized carbons (Fsp3) is 0.429. The molecule has 0 bridgehead atoms. The Hall–Kier alpha value is -1.82. The van der Waals surface area contributed by atoms with Crippen LogP contribution < -0.4 is 5.32 Å². The van der Waals surface area contributed by atoms with Crippen LogP contribution in [0.25, 0.3) is 0 Å². The van der Waals surface area contributed by atoms with Crippen molar-refractivity contribution in [3.05, 3.63) is 47.1 Å². The Labute approximate surface area is 116 Å². The van der Waals surface area contributed by atoms with Crippen molar-refractivity contribution in [1.82, 2.24) is 15.5 Å². The van der Waals surface area contributed by atoms with E-state index in [4.69, 9.17) is 4.52 Å². The molecule has 0 aliphatic heterocycles. The van der Waals surface area contributed by atoms with Crippen LogP contribution >= 0.6 is 0 Å². The summed E-state index contributed by atoms with van der Waals surface area (Å²) in [5.74, 6) is -0.336. The third-order valence-corrected chi connectivity index (χ3v) is 3.01. The highest BCUT2D eigenvalue weighted by atomic mass is 19.1. The molecule has 0 fully saturated rings. The Morgan fingerprint density at radius 3 is 2.60 bits per heavy atom. The van der Waals surface area contributed by atoms with Gasteiger partial charge in [0, 0.05) is 18.5 Å². The van der Waals surface area contributed by atoms with Gasteiger partial charge in [-0.15, -0.1) is 0 Å². The van der Waals surface area contributed by atoms with Gasteiger partial charge in [-0.2, -0.15) is 4.98 Å². The third kappa shape index (κ3) is 4.09. The summed E-state index contributed by atoms with van der Waals surface area (Å²) in [4.78, 5) is 4.19. The summed E-state index contributed by atoms with van der Waals surface area (Å²) >= 11 is 0. The van der Waals surface area contributed by atoms with Gasteiger partial charge in [0.1, 0.15) is 11.6 Å². The van der Waals surface area contributed by atoms with Gasteiger partial charge in [0.05, 0.1) is 6.54 Å². The average Bonchev–Trinajstić information content (AvgIpc) is 2.82. The molecule has 0 aliphatic rings. The summed E-state index contributed by atoms with van der Waals surface area (Å²) in [6.45, 7) is 4.63. The zero-order valence-corrected chi connectivity index (χ0v) is 11.5. The van der Waals surface area contributed by atoms with Crippen LogP contribution in [0.15, 0.2) is 22.7 Å². The molecule has 0 radical (unpaired) electrons. The lowest BCUT2D eigenvalue weighted by molar-refractivity contribution is 0.354. The van der Waals surface area contributed by atoms with E-state index < -0.39 is 11.6 Å². The van der Waals surface area contributed by atoms with Gasteiger partial charge in [-0.1, -0.05) is 12.1 Å². The van der Waals surface area contributed by atoms with Gasteiger partial charge in [-0.3, -0.25) is 0 Å². The molecule has 108 valence electrons. The number of hydrogen-bond acceptors (Lipinski definition) is 4. The predicted octanol–water partition coefficient (Wildman–Crippen LogP) is 2.83. The minimum atomic E-state index is -0.609. The van der Waals surface area contributed by atoms with E-state index in [1.165, 1.54) is 12.1 Å². The van der Waals surface area contributed by atoms with Crippen molar-refractivity contribution in [3.8, 4) is 0 Å². The third-order valence-electron chi connectivity index (χ3n) is 3.01. The lowest BCUT2D eigenvalue weighted by Gasteiger charge is -2.07. The first kappa shape index (κ1) is 14.6. The van der Waals surface area contributed by atoms with Gasteiger partial charge in [-0.05, 0) is 31.0 Å². The Morgan fingerprint density at radius 2 is 1.95 bits per heavy atom. The summed E-state index contributed by atoms with van der Waals surface area (Å²) in [5.41, 5.74) is 0.477. The molecule has 2 aromatic rings. The van der Waals surface area contributed by atoms with Crippen molar-refractivity contribution >= 4 is 0 Å². The van der Waals surface area contributed by atoms with E-state index in [1.807, 2.05) is 0 Å². The van der Waals surface area contributed by atoms with Crippen LogP contribution in [0.3, 0.4) is 0 Å². The van der Waals surface area contributed by atoms with Gasteiger partial charge < -0.3 is 9.84 Å². The standard InChI is InChI=1S/C14H17F2N3O/c1-3-9(2)17-8-14-18-13(19-20-14)6-10-4-11(15)7-12(16)5-10/h4-5,7,9,17H,3,6,8H2,1-2H3. The second-order valence-corrected chi connectivity index (χ2v) is 4.75. The molecule has 0 amide bonds. The van der Waals surface area contributed by atoms with Crippen molar-refractivity contribution in [3.63, 3.8) is 0 Å². The fourth-order valence-corrected chi connectivity index (χ4v) is 1.74. The van der Waals surface area contributed by atoms with Crippen molar-refractivity contribution in [1.29, 1.82) is 0 Å². The van der Waals surface area contributed by atoms with Crippen molar-refractivity contribution < 1.29 is 13.3 Å². The summed E-state index contributed by atoms with van der Waals surface area (Å²) in [5, 5.41) is 7.03. The molecular weight excluding hydrogens is 264 g/mol. The average molecular weight is 281 g/mol. The van der Waals surface area contributed by atoms with Gasteiger partial charge in [0.25, 0.3) is 0 Å². The first-order valence-corrected chi connectivity index (χ1v) is 6.56. The highest BCUT2D eigenvalue weighted by Gasteiger charge is 2.09. The van der Waals surface area contributed by atoms with Crippen LogP contribution in [0.4, 0.5) is 8.78 Å². The maximum atomic E-state index is 13.1. The fourth-order valence-electron chi connectivity index (χ4n) is 1.74.